The van der Waals surface area contributed by atoms with Gasteiger partial charge in [-0.2, -0.15) is 0 Å². The van der Waals surface area contributed by atoms with E-state index in [2.05, 4.69) is 0 Å². The van der Waals surface area contributed by atoms with Crippen LogP contribution < -0.4 is 5.73 Å². The van der Waals surface area contributed by atoms with Gasteiger partial charge in [-0.25, -0.2) is 4.39 Å². The smallest absolute Gasteiger partial charge is 0.165 e. The molecule has 1 aromatic rings. The van der Waals surface area contributed by atoms with Crippen molar-refractivity contribution in [1.82, 2.24) is 0 Å². The molecule has 0 radical (unpaired) electrons. The number of nitrogen functional groups attached to an aromatic ring is 1. The van der Waals surface area contributed by atoms with Crippen LogP contribution in [0.3, 0.4) is 0 Å². The highest BCUT2D eigenvalue weighted by Gasteiger charge is 2.02. The van der Waals surface area contributed by atoms with Crippen molar-refractivity contribution in [3.05, 3.63) is 29.6 Å². The maximum atomic E-state index is 12.5. The van der Waals surface area contributed by atoms with Crippen LogP contribution in [-0.4, -0.2) is 10.9 Å². The largest absolute Gasteiger partial charge is 0.505 e. The number of benzene rings is 1. The van der Waals surface area contributed by atoms with Gasteiger partial charge in [0.1, 0.15) is 5.84 Å². The van der Waals surface area contributed by atoms with Gasteiger partial charge in [-0.15, -0.1) is 17.0 Å². The molecule has 1 aromatic carbocycles. The number of halogens is 2. The van der Waals surface area contributed by atoms with Crippen molar-refractivity contribution >= 4 is 22.8 Å². The SMILES string of the molecule is Br.N=C(N)c1ccc(O)c(F)c1. The Morgan fingerprint density at radius 1 is 1.50 bits per heavy atom. The van der Waals surface area contributed by atoms with Crippen LogP contribution in [0.15, 0.2) is 18.2 Å². The first-order valence-corrected chi connectivity index (χ1v) is 2.94. The summed E-state index contributed by atoms with van der Waals surface area (Å²) in [5.41, 5.74) is 5.33. The number of hydrogen-bond acceptors (Lipinski definition) is 2. The quantitative estimate of drug-likeness (QED) is 0.508. The molecule has 0 amide bonds. The third-order valence-electron chi connectivity index (χ3n) is 1.26. The average Bonchev–Trinajstić information content (AvgIpc) is 1.94. The molecular weight excluding hydrogens is 227 g/mol. The summed E-state index contributed by atoms with van der Waals surface area (Å²) in [6, 6.07) is 3.55. The lowest BCUT2D eigenvalue weighted by Gasteiger charge is -1.98. The summed E-state index contributed by atoms with van der Waals surface area (Å²) >= 11 is 0. The van der Waals surface area contributed by atoms with Crippen molar-refractivity contribution in [3.8, 4) is 5.75 Å². The molecule has 0 saturated heterocycles. The van der Waals surface area contributed by atoms with Crippen molar-refractivity contribution in [2.45, 2.75) is 0 Å². The van der Waals surface area contributed by atoms with Crippen molar-refractivity contribution in [3.63, 3.8) is 0 Å². The first kappa shape index (κ1) is 10.9. The Kier molecular flexibility index (Phi) is 3.69. The van der Waals surface area contributed by atoms with E-state index in [0.717, 1.165) is 12.1 Å². The molecular formula is C7H8BrFN2O. The van der Waals surface area contributed by atoms with Gasteiger partial charge >= 0.3 is 0 Å². The second kappa shape index (κ2) is 4.06. The lowest BCUT2D eigenvalue weighted by atomic mass is 10.2. The summed E-state index contributed by atoms with van der Waals surface area (Å²) in [4.78, 5) is 0. The minimum absolute atomic E-state index is 0. The number of amidine groups is 1. The molecule has 0 aliphatic carbocycles. The summed E-state index contributed by atoms with van der Waals surface area (Å²) in [6.07, 6.45) is 0. The second-order valence-electron chi connectivity index (χ2n) is 2.08. The number of nitrogens with one attached hydrogen (secondary N) is 1. The number of rotatable bonds is 1. The van der Waals surface area contributed by atoms with Crippen LogP contribution in [0.2, 0.25) is 0 Å². The molecule has 3 nitrogen and oxygen atoms in total. The minimum Gasteiger partial charge on any atom is -0.505 e. The molecule has 0 fully saturated rings. The summed E-state index contributed by atoms with van der Waals surface area (Å²) < 4.78 is 12.5. The molecule has 5 heteroatoms. The van der Waals surface area contributed by atoms with Crippen molar-refractivity contribution in [2.75, 3.05) is 0 Å². The Morgan fingerprint density at radius 3 is 2.50 bits per heavy atom. The molecule has 12 heavy (non-hydrogen) atoms. The van der Waals surface area contributed by atoms with E-state index >= 15 is 0 Å². The molecule has 66 valence electrons. The minimum atomic E-state index is -0.766. The predicted molar refractivity (Wildman–Crippen MR) is 49.4 cm³/mol. The number of phenolic OH excluding ortho intramolecular Hbond substituents is 1. The van der Waals surface area contributed by atoms with E-state index in [1.807, 2.05) is 0 Å². The predicted octanol–water partition coefficient (Wildman–Crippen LogP) is 1.39. The highest BCUT2D eigenvalue weighted by molar-refractivity contribution is 8.93. The average molecular weight is 235 g/mol. The number of nitrogens with two attached hydrogens (primary N) is 1. The lowest BCUT2D eigenvalue weighted by molar-refractivity contribution is 0.432. The van der Waals surface area contributed by atoms with Gasteiger partial charge < -0.3 is 10.8 Å². The molecule has 0 heterocycles. The van der Waals surface area contributed by atoms with Crippen molar-refractivity contribution < 1.29 is 9.50 Å². The Morgan fingerprint density at radius 2 is 2.08 bits per heavy atom. The lowest BCUT2D eigenvalue weighted by Crippen LogP contribution is -2.10. The van der Waals surface area contributed by atoms with Gasteiger partial charge in [0, 0.05) is 5.56 Å². The number of aromatic hydroxyl groups is 1. The molecule has 0 aliphatic heterocycles. The van der Waals surface area contributed by atoms with Crippen LogP contribution in [-0.2, 0) is 0 Å². The first-order chi connectivity index (χ1) is 5.11. The molecule has 0 aliphatic rings. The molecule has 0 saturated carbocycles. The van der Waals surface area contributed by atoms with Crippen LogP contribution >= 0.6 is 17.0 Å². The van der Waals surface area contributed by atoms with E-state index in [4.69, 9.17) is 16.2 Å². The molecule has 0 spiro atoms. The van der Waals surface area contributed by atoms with Crippen LogP contribution in [0, 0.1) is 11.2 Å². The molecule has 0 aromatic heterocycles. The van der Waals surface area contributed by atoms with Gasteiger partial charge in [0.2, 0.25) is 0 Å². The van der Waals surface area contributed by atoms with Crippen LogP contribution in [0.1, 0.15) is 5.56 Å². The standard InChI is InChI=1S/C7H7FN2O.BrH/c8-5-3-4(7(9)10)1-2-6(5)11;/h1-3,11H,(H3,9,10);1H. The zero-order valence-electron chi connectivity index (χ0n) is 6.04. The second-order valence-corrected chi connectivity index (χ2v) is 2.08. The van der Waals surface area contributed by atoms with Crippen LogP contribution in [0.25, 0.3) is 0 Å². The Balaban J connectivity index is 0.00000121. The molecule has 0 atom stereocenters. The first-order valence-electron chi connectivity index (χ1n) is 2.94. The van der Waals surface area contributed by atoms with E-state index in [9.17, 15) is 4.39 Å². The van der Waals surface area contributed by atoms with E-state index in [-0.39, 0.29) is 28.4 Å². The fraction of sp³-hybridized carbons (Fsp3) is 0. The zero-order valence-corrected chi connectivity index (χ0v) is 7.76. The molecule has 4 N–H and O–H groups in total. The molecule has 0 unspecified atom stereocenters. The fourth-order valence-corrected chi connectivity index (χ4v) is 0.674. The molecule has 0 bridgehead atoms. The topological polar surface area (TPSA) is 70.1 Å². The van der Waals surface area contributed by atoms with Gasteiger partial charge in [-0.3, -0.25) is 5.41 Å². The maximum absolute atomic E-state index is 12.5. The summed E-state index contributed by atoms with van der Waals surface area (Å²) in [6.45, 7) is 0. The van der Waals surface area contributed by atoms with Crippen molar-refractivity contribution in [1.29, 1.82) is 5.41 Å². The summed E-state index contributed by atoms with van der Waals surface area (Å²) in [5.74, 6) is -1.42. The van der Waals surface area contributed by atoms with E-state index < -0.39 is 11.6 Å². The van der Waals surface area contributed by atoms with Crippen LogP contribution in [0.5, 0.6) is 5.75 Å². The van der Waals surface area contributed by atoms with Gasteiger partial charge in [-0.1, -0.05) is 0 Å². The van der Waals surface area contributed by atoms with Crippen molar-refractivity contribution in [2.24, 2.45) is 5.73 Å². The van der Waals surface area contributed by atoms with Gasteiger partial charge in [-0.05, 0) is 18.2 Å². The highest BCUT2D eigenvalue weighted by Crippen LogP contribution is 2.15. The maximum Gasteiger partial charge on any atom is 0.165 e. The Hall–Kier alpha value is -1.10. The third kappa shape index (κ3) is 2.20. The summed E-state index contributed by atoms with van der Waals surface area (Å²) in [7, 11) is 0. The van der Waals surface area contributed by atoms with E-state index in [1.165, 1.54) is 6.07 Å². The highest BCUT2D eigenvalue weighted by atomic mass is 79.9. The Labute approximate surface area is 79.3 Å². The van der Waals surface area contributed by atoms with Gasteiger partial charge in [0.15, 0.2) is 11.6 Å². The van der Waals surface area contributed by atoms with Gasteiger partial charge in [0.05, 0.1) is 0 Å². The fourth-order valence-electron chi connectivity index (χ4n) is 0.674. The normalized spacial score (nSPS) is 8.75. The van der Waals surface area contributed by atoms with E-state index in [0.29, 0.717) is 0 Å². The third-order valence-corrected chi connectivity index (χ3v) is 1.26. The van der Waals surface area contributed by atoms with Gasteiger partial charge in [0.25, 0.3) is 0 Å². The molecule has 1 rings (SSSR count). The zero-order chi connectivity index (χ0) is 8.43. The summed E-state index contributed by atoms with van der Waals surface area (Å²) in [5, 5.41) is 15.7. The van der Waals surface area contributed by atoms with E-state index in [1.54, 1.807) is 0 Å². The number of hydrogen-bond donors (Lipinski definition) is 3. The Bertz CT molecular complexity index is 303. The monoisotopic (exact) mass is 234 g/mol. The number of phenols is 1. The van der Waals surface area contributed by atoms with Crippen LogP contribution in [0.4, 0.5) is 4.39 Å².